The first-order valence-electron chi connectivity index (χ1n) is 11.0. The molecular formula is C24H24N4O6S. The molecule has 1 saturated carbocycles. The number of benzene rings is 2. The first kappa shape index (κ1) is 22.9. The molecule has 10 nitrogen and oxygen atoms in total. The summed E-state index contributed by atoms with van der Waals surface area (Å²) in [5.74, 6) is 0.571. The average molecular weight is 497 g/mol. The highest BCUT2D eigenvalue weighted by Gasteiger charge is 2.48. The quantitative estimate of drug-likeness (QED) is 0.533. The molecule has 182 valence electrons. The van der Waals surface area contributed by atoms with Gasteiger partial charge >= 0.3 is 0 Å². The molecule has 0 spiro atoms. The lowest BCUT2D eigenvalue weighted by atomic mass is 10.0. The van der Waals surface area contributed by atoms with Gasteiger partial charge in [0.1, 0.15) is 28.3 Å². The minimum absolute atomic E-state index is 0.0895. The summed E-state index contributed by atoms with van der Waals surface area (Å²) >= 11 is 0. The Morgan fingerprint density at radius 1 is 1.11 bits per heavy atom. The molecule has 11 heteroatoms. The molecule has 1 aliphatic carbocycles. The van der Waals surface area contributed by atoms with Gasteiger partial charge in [0.2, 0.25) is 0 Å². The van der Waals surface area contributed by atoms with Crippen LogP contribution in [0.4, 0.5) is 0 Å². The summed E-state index contributed by atoms with van der Waals surface area (Å²) in [6.45, 7) is 0. The number of carbonyl (C=O) groups excluding carboxylic acids is 2. The third kappa shape index (κ3) is 3.91. The first-order chi connectivity index (χ1) is 16.7. The van der Waals surface area contributed by atoms with Crippen molar-refractivity contribution < 1.29 is 27.5 Å². The zero-order valence-corrected chi connectivity index (χ0v) is 20.2. The number of ether oxygens (including phenoxy) is 2. The number of amides is 2. The second-order valence-electron chi connectivity index (χ2n) is 8.50. The normalized spacial score (nSPS) is 17.1. The molecule has 1 N–H and O–H groups in total. The van der Waals surface area contributed by atoms with Crippen molar-refractivity contribution in [2.24, 2.45) is 7.05 Å². The Hall–Kier alpha value is -3.86. The van der Waals surface area contributed by atoms with Crippen LogP contribution in [0.1, 0.15) is 51.0 Å². The zero-order chi connectivity index (χ0) is 24.9. The van der Waals surface area contributed by atoms with Gasteiger partial charge in [0.25, 0.3) is 21.8 Å². The summed E-state index contributed by atoms with van der Waals surface area (Å²) in [6.07, 6.45) is 4.68. The van der Waals surface area contributed by atoms with Gasteiger partial charge in [-0.2, -0.15) is 0 Å². The fourth-order valence-electron chi connectivity index (χ4n) is 4.22. The number of nitrogens with one attached hydrogen (secondary N) is 1. The second kappa shape index (κ2) is 8.42. The highest BCUT2D eigenvalue weighted by molar-refractivity contribution is 7.90. The van der Waals surface area contributed by atoms with E-state index >= 15 is 0 Å². The lowest BCUT2D eigenvalue weighted by Gasteiger charge is -2.21. The van der Waals surface area contributed by atoms with E-state index in [2.05, 4.69) is 10.3 Å². The van der Waals surface area contributed by atoms with Crippen LogP contribution in [-0.2, 0) is 17.1 Å². The number of carbonyl (C=O) groups is 2. The van der Waals surface area contributed by atoms with Crippen molar-refractivity contribution in [3.8, 4) is 11.5 Å². The van der Waals surface area contributed by atoms with Gasteiger partial charge in [0.15, 0.2) is 0 Å². The van der Waals surface area contributed by atoms with E-state index in [-0.39, 0.29) is 22.1 Å². The molecule has 0 saturated heterocycles. The smallest absolute Gasteiger partial charge is 0.269 e. The Morgan fingerprint density at radius 2 is 1.80 bits per heavy atom. The van der Waals surface area contributed by atoms with Crippen LogP contribution >= 0.6 is 0 Å². The molecule has 35 heavy (non-hydrogen) atoms. The van der Waals surface area contributed by atoms with E-state index in [1.165, 1.54) is 32.4 Å². The molecule has 1 atom stereocenters. The fourth-order valence-corrected chi connectivity index (χ4v) is 6.06. The molecular weight excluding hydrogens is 472 g/mol. The van der Waals surface area contributed by atoms with E-state index in [1.54, 1.807) is 42.2 Å². The average Bonchev–Trinajstić information content (AvgIpc) is 3.55. The van der Waals surface area contributed by atoms with E-state index in [9.17, 15) is 18.0 Å². The molecule has 1 unspecified atom stereocenters. The van der Waals surface area contributed by atoms with Crippen LogP contribution in [0.2, 0.25) is 0 Å². The van der Waals surface area contributed by atoms with Crippen LogP contribution in [0, 0.1) is 0 Å². The van der Waals surface area contributed by atoms with Crippen LogP contribution in [0.25, 0.3) is 0 Å². The number of sulfonamides is 1. The highest BCUT2D eigenvalue weighted by Crippen LogP contribution is 2.40. The molecule has 2 aliphatic rings. The Bertz CT molecular complexity index is 1420. The van der Waals surface area contributed by atoms with E-state index in [1.807, 2.05) is 0 Å². The Kier molecular flexibility index (Phi) is 5.51. The zero-order valence-electron chi connectivity index (χ0n) is 19.4. The molecule has 1 aromatic heterocycles. The lowest BCUT2D eigenvalue weighted by Crippen LogP contribution is -2.32. The number of aryl methyl sites for hydroxylation is 1. The Morgan fingerprint density at radius 3 is 2.37 bits per heavy atom. The number of methoxy groups -OCH3 is 2. The van der Waals surface area contributed by atoms with Crippen molar-refractivity contribution in [1.82, 2.24) is 19.2 Å². The molecule has 1 aliphatic heterocycles. The SMILES string of the molecule is COc1cc(OC)cc(C(NC(=O)c2ccc3c(c2)S(=O)(=O)N(C2CC2)C3=O)c2nccn2C)c1. The predicted octanol–water partition coefficient (Wildman–Crippen LogP) is 2.26. The predicted molar refractivity (Wildman–Crippen MR) is 125 cm³/mol. The van der Waals surface area contributed by atoms with Crippen molar-refractivity contribution in [2.45, 2.75) is 29.8 Å². The van der Waals surface area contributed by atoms with E-state index in [4.69, 9.17) is 9.47 Å². The van der Waals surface area contributed by atoms with Crippen LogP contribution in [0.15, 0.2) is 53.7 Å². The van der Waals surface area contributed by atoms with Crippen molar-refractivity contribution in [3.05, 3.63) is 71.3 Å². The largest absolute Gasteiger partial charge is 0.497 e. The monoisotopic (exact) mass is 496 g/mol. The van der Waals surface area contributed by atoms with Gasteiger partial charge in [-0.25, -0.2) is 17.7 Å². The van der Waals surface area contributed by atoms with Crippen LogP contribution in [0.5, 0.6) is 11.5 Å². The van der Waals surface area contributed by atoms with Crippen molar-refractivity contribution in [2.75, 3.05) is 14.2 Å². The minimum atomic E-state index is -3.98. The topological polar surface area (TPSA) is 120 Å². The van der Waals surface area contributed by atoms with E-state index < -0.39 is 27.9 Å². The molecule has 3 aromatic rings. The maximum Gasteiger partial charge on any atom is 0.269 e. The third-order valence-electron chi connectivity index (χ3n) is 6.19. The number of rotatable bonds is 7. The van der Waals surface area contributed by atoms with Gasteiger partial charge in [-0.1, -0.05) is 0 Å². The Balaban J connectivity index is 1.52. The Labute approximate surface area is 202 Å². The van der Waals surface area contributed by atoms with Gasteiger partial charge < -0.3 is 19.4 Å². The third-order valence-corrected chi connectivity index (χ3v) is 8.06. The van der Waals surface area contributed by atoms with E-state index in [0.29, 0.717) is 35.7 Å². The van der Waals surface area contributed by atoms with E-state index in [0.717, 1.165) is 4.31 Å². The van der Waals surface area contributed by atoms with Gasteiger partial charge in [-0.05, 0) is 48.7 Å². The first-order valence-corrected chi connectivity index (χ1v) is 12.4. The summed E-state index contributed by atoms with van der Waals surface area (Å²) in [5, 5.41) is 2.94. The molecule has 1 fully saturated rings. The summed E-state index contributed by atoms with van der Waals surface area (Å²) in [5.41, 5.74) is 0.867. The fraction of sp³-hybridized carbons (Fsp3) is 0.292. The summed E-state index contributed by atoms with van der Waals surface area (Å²) in [7, 11) is 0.886. The number of hydrogen-bond acceptors (Lipinski definition) is 7. The highest BCUT2D eigenvalue weighted by atomic mass is 32.2. The van der Waals surface area contributed by atoms with Gasteiger partial charge in [0.05, 0.1) is 19.8 Å². The maximum absolute atomic E-state index is 13.4. The minimum Gasteiger partial charge on any atom is -0.497 e. The number of imidazole rings is 1. The van der Waals surface area contributed by atoms with Gasteiger partial charge in [0, 0.05) is 37.1 Å². The molecule has 2 amide bonds. The second-order valence-corrected chi connectivity index (χ2v) is 10.3. The lowest BCUT2D eigenvalue weighted by molar-refractivity contribution is 0.0863. The number of nitrogens with zero attached hydrogens (tertiary/aromatic N) is 3. The van der Waals surface area contributed by atoms with Crippen LogP contribution in [-0.4, -0.2) is 54.3 Å². The van der Waals surface area contributed by atoms with Crippen molar-refractivity contribution in [1.29, 1.82) is 0 Å². The van der Waals surface area contributed by atoms with Crippen molar-refractivity contribution >= 4 is 21.8 Å². The van der Waals surface area contributed by atoms with Crippen LogP contribution in [0.3, 0.4) is 0 Å². The molecule has 2 heterocycles. The van der Waals surface area contributed by atoms with Gasteiger partial charge in [-0.3, -0.25) is 9.59 Å². The number of fused-ring (bicyclic) bond motifs is 1. The number of aromatic nitrogens is 2. The van der Waals surface area contributed by atoms with Crippen LogP contribution < -0.4 is 14.8 Å². The van der Waals surface area contributed by atoms with Gasteiger partial charge in [-0.15, -0.1) is 0 Å². The maximum atomic E-state index is 13.4. The summed E-state index contributed by atoms with van der Waals surface area (Å²) < 4.78 is 39.5. The molecule has 0 radical (unpaired) electrons. The number of hydrogen-bond donors (Lipinski definition) is 1. The molecule has 5 rings (SSSR count). The summed E-state index contributed by atoms with van der Waals surface area (Å²) in [6, 6.07) is 8.38. The standard InChI is InChI=1S/C24H24N4O6S/c1-27-9-8-25-22(27)21(15-10-17(33-2)13-18(11-15)34-3)26-23(29)14-4-7-19-20(12-14)35(31,32)28(24(19)30)16-5-6-16/h4,7-13,16,21H,5-6H2,1-3H3,(H,26,29). The molecule has 0 bridgehead atoms. The van der Waals surface area contributed by atoms with Crippen molar-refractivity contribution in [3.63, 3.8) is 0 Å². The molecule has 2 aromatic carbocycles. The summed E-state index contributed by atoms with van der Waals surface area (Å²) in [4.78, 5) is 30.3.